The first-order valence-corrected chi connectivity index (χ1v) is 9.54. The lowest BCUT2D eigenvalue weighted by molar-refractivity contribution is 0.321. The van der Waals surface area contributed by atoms with Gasteiger partial charge in [0.25, 0.3) is 5.95 Å². The average Bonchev–Trinajstić information content (AvgIpc) is 3.11. The van der Waals surface area contributed by atoms with E-state index in [1.807, 2.05) is 45.0 Å². The van der Waals surface area contributed by atoms with E-state index in [0.29, 0.717) is 37.0 Å². The molecule has 2 aromatic rings. The number of nitrogens with zero attached hydrogens (tertiary/aromatic N) is 3. The van der Waals surface area contributed by atoms with Crippen LogP contribution < -0.4 is 9.62 Å². The molecule has 2 heterocycles. The molecule has 7 nitrogen and oxygen atoms in total. The summed E-state index contributed by atoms with van der Waals surface area (Å²) in [5.74, 6) is 1.22. The molecule has 1 saturated heterocycles. The highest BCUT2D eigenvalue weighted by Crippen LogP contribution is 2.25. The van der Waals surface area contributed by atoms with E-state index in [9.17, 15) is 8.42 Å². The highest BCUT2D eigenvalue weighted by Gasteiger charge is 2.28. The monoisotopic (exact) mass is 350 g/mol. The molecule has 0 saturated carbocycles. The Balaban J connectivity index is 1.70. The number of benzene rings is 1. The molecule has 1 aromatic carbocycles. The molecule has 130 valence electrons. The van der Waals surface area contributed by atoms with Crippen molar-refractivity contribution in [2.75, 3.05) is 21.9 Å². The predicted molar refractivity (Wildman–Crippen MR) is 92.5 cm³/mol. The van der Waals surface area contributed by atoms with Crippen LogP contribution in [0.2, 0.25) is 0 Å². The van der Waals surface area contributed by atoms with Crippen LogP contribution in [0.15, 0.2) is 28.8 Å². The van der Waals surface area contributed by atoms with Gasteiger partial charge in [-0.25, -0.2) is 8.42 Å². The summed E-state index contributed by atoms with van der Waals surface area (Å²) in [6.45, 7) is 7.04. The quantitative estimate of drug-likeness (QED) is 0.911. The summed E-state index contributed by atoms with van der Waals surface area (Å²) in [5, 5.41) is 7.03. The van der Waals surface area contributed by atoms with Crippen molar-refractivity contribution in [3.8, 4) is 0 Å². The third-order valence-electron chi connectivity index (χ3n) is 3.82. The average molecular weight is 350 g/mol. The molecule has 0 spiro atoms. The zero-order valence-electron chi connectivity index (χ0n) is 14.1. The molecule has 24 heavy (non-hydrogen) atoms. The van der Waals surface area contributed by atoms with E-state index in [4.69, 9.17) is 4.52 Å². The second-order valence-corrected chi connectivity index (χ2v) is 8.95. The number of anilines is 2. The lowest BCUT2D eigenvalue weighted by Gasteiger charge is -2.17. The standard InChI is InChI=1S/C16H22N4O3S/c1-16(2,3)14-18-15(19-23-14)17-11-12-6-4-7-13(10-12)20-8-5-9-24(20,21)22/h4,6-7,10H,5,8-9,11H2,1-3H3,(H,17,19). The van der Waals surface area contributed by atoms with Gasteiger partial charge in [-0.05, 0) is 29.3 Å². The van der Waals surface area contributed by atoms with Gasteiger partial charge in [-0.3, -0.25) is 4.31 Å². The maximum absolute atomic E-state index is 12.0. The van der Waals surface area contributed by atoms with E-state index in [2.05, 4.69) is 15.5 Å². The van der Waals surface area contributed by atoms with Crippen LogP contribution in [-0.2, 0) is 22.0 Å². The summed E-state index contributed by atoms with van der Waals surface area (Å²) < 4.78 is 30.8. The second-order valence-electron chi connectivity index (χ2n) is 6.94. The van der Waals surface area contributed by atoms with Crippen LogP contribution in [0.5, 0.6) is 0 Å². The van der Waals surface area contributed by atoms with Crippen LogP contribution in [-0.4, -0.2) is 30.9 Å². The van der Waals surface area contributed by atoms with Crippen molar-refractivity contribution in [1.29, 1.82) is 0 Å². The lowest BCUT2D eigenvalue weighted by Crippen LogP contribution is -2.25. The summed E-state index contributed by atoms with van der Waals surface area (Å²) in [6, 6.07) is 7.49. The van der Waals surface area contributed by atoms with Crippen LogP contribution in [0, 0.1) is 0 Å². The fraction of sp³-hybridized carbons (Fsp3) is 0.500. The first-order chi connectivity index (χ1) is 11.3. The van der Waals surface area contributed by atoms with Crippen LogP contribution >= 0.6 is 0 Å². The van der Waals surface area contributed by atoms with Gasteiger partial charge < -0.3 is 9.84 Å². The Labute approximate surface area is 142 Å². The molecule has 0 radical (unpaired) electrons. The fourth-order valence-electron chi connectivity index (χ4n) is 2.53. The number of hydrogen-bond acceptors (Lipinski definition) is 6. The number of nitrogens with one attached hydrogen (secondary N) is 1. The molecule has 0 atom stereocenters. The Hall–Kier alpha value is -2.09. The van der Waals surface area contributed by atoms with Crippen molar-refractivity contribution in [1.82, 2.24) is 10.1 Å². The Morgan fingerprint density at radius 2 is 2.12 bits per heavy atom. The zero-order valence-corrected chi connectivity index (χ0v) is 14.9. The molecule has 1 aliphatic rings. The van der Waals surface area contributed by atoms with E-state index in [-0.39, 0.29) is 11.2 Å². The third kappa shape index (κ3) is 3.53. The Bertz CT molecular complexity index is 824. The Morgan fingerprint density at radius 1 is 1.33 bits per heavy atom. The van der Waals surface area contributed by atoms with Crippen LogP contribution in [0.3, 0.4) is 0 Å². The summed E-state index contributed by atoms with van der Waals surface area (Å²) in [5.41, 5.74) is 1.46. The predicted octanol–water partition coefficient (Wildman–Crippen LogP) is 2.52. The van der Waals surface area contributed by atoms with E-state index in [1.54, 1.807) is 0 Å². The molecule has 0 bridgehead atoms. The lowest BCUT2D eigenvalue weighted by atomic mass is 9.97. The molecule has 3 rings (SSSR count). The molecule has 8 heteroatoms. The molecule has 0 amide bonds. The first kappa shape index (κ1) is 16.8. The molecular formula is C16H22N4O3S. The van der Waals surface area contributed by atoms with Gasteiger partial charge in [0.1, 0.15) is 0 Å². The van der Waals surface area contributed by atoms with Crippen molar-refractivity contribution in [3.63, 3.8) is 0 Å². The fourth-order valence-corrected chi connectivity index (χ4v) is 4.09. The van der Waals surface area contributed by atoms with Crippen molar-refractivity contribution in [2.24, 2.45) is 0 Å². The molecular weight excluding hydrogens is 328 g/mol. The highest BCUT2D eigenvalue weighted by atomic mass is 32.2. The summed E-state index contributed by atoms with van der Waals surface area (Å²) in [4.78, 5) is 4.32. The van der Waals surface area contributed by atoms with Gasteiger partial charge in [-0.2, -0.15) is 4.98 Å². The van der Waals surface area contributed by atoms with Crippen molar-refractivity contribution >= 4 is 21.7 Å². The maximum Gasteiger partial charge on any atom is 0.263 e. The molecule has 0 aliphatic carbocycles. The minimum absolute atomic E-state index is 0.197. The summed E-state index contributed by atoms with van der Waals surface area (Å²) in [6.07, 6.45) is 0.670. The minimum atomic E-state index is -3.16. The summed E-state index contributed by atoms with van der Waals surface area (Å²) in [7, 11) is -3.16. The smallest absolute Gasteiger partial charge is 0.263 e. The van der Waals surface area contributed by atoms with E-state index in [1.165, 1.54) is 4.31 Å². The van der Waals surface area contributed by atoms with E-state index in [0.717, 1.165) is 5.56 Å². The van der Waals surface area contributed by atoms with Crippen molar-refractivity contribution < 1.29 is 12.9 Å². The van der Waals surface area contributed by atoms with Gasteiger partial charge in [0, 0.05) is 18.5 Å². The molecule has 1 aliphatic heterocycles. The van der Waals surface area contributed by atoms with Crippen LogP contribution in [0.1, 0.15) is 38.6 Å². The van der Waals surface area contributed by atoms with Crippen LogP contribution in [0.4, 0.5) is 11.6 Å². The maximum atomic E-state index is 12.0. The second kappa shape index (κ2) is 6.08. The van der Waals surface area contributed by atoms with Gasteiger partial charge in [-0.15, -0.1) is 0 Å². The van der Waals surface area contributed by atoms with Crippen molar-refractivity contribution in [3.05, 3.63) is 35.7 Å². The number of sulfonamides is 1. The molecule has 1 N–H and O–H groups in total. The number of aromatic nitrogens is 2. The summed E-state index contributed by atoms with van der Waals surface area (Å²) >= 11 is 0. The minimum Gasteiger partial charge on any atom is -0.348 e. The molecule has 0 unspecified atom stereocenters. The largest absolute Gasteiger partial charge is 0.348 e. The molecule has 1 aromatic heterocycles. The van der Waals surface area contributed by atoms with E-state index < -0.39 is 10.0 Å². The third-order valence-corrected chi connectivity index (χ3v) is 5.69. The van der Waals surface area contributed by atoms with Crippen molar-refractivity contribution in [2.45, 2.75) is 39.2 Å². The number of rotatable bonds is 4. The Kier molecular flexibility index (Phi) is 4.25. The van der Waals surface area contributed by atoms with Gasteiger partial charge in [0.15, 0.2) is 0 Å². The van der Waals surface area contributed by atoms with Gasteiger partial charge in [0.05, 0.1) is 11.4 Å². The Morgan fingerprint density at radius 3 is 2.75 bits per heavy atom. The van der Waals surface area contributed by atoms with Gasteiger partial charge in [-0.1, -0.05) is 32.9 Å². The van der Waals surface area contributed by atoms with Crippen LogP contribution in [0.25, 0.3) is 0 Å². The molecule has 1 fully saturated rings. The normalized spacial score (nSPS) is 17.2. The topological polar surface area (TPSA) is 88.3 Å². The van der Waals surface area contributed by atoms with Gasteiger partial charge >= 0.3 is 0 Å². The van der Waals surface area contributed by atoms with Gasteiger partial charge in [0.2, 0.25) is 15.9 Å². The number of hydrogen-bond donors (Lipinski definition) is 1. The van der Waals surface area contributed by atoms with E-state index >= 15 is 0 Å². The SMILES string of the molecule is CC(C)(C)c1nc(NCc2cccc(N3CCCS3(=O)=O)c2)no1. The highest BCUT2D eigenvalue weighted by molar-refractivity contribution is 7.93. The first-order valence-electron chi connectivity index (χ1n) is 7.93. The zero-order chi connectivity index (χ0) is 17.4.